The predicted octanol–water partition coefficient (Wildman–Crippen LogP) is 2.83. The largest absolute Gasteiger partial charge is 0.352 e. The summed E-state index contributed by atoms with van der Waals surface area (Å²) in [5.74, 6) is -0.842. The molecule has 0 saturated carbocycles. The monoisotopic (exact) mass is 393 g/mol. The lowest BCUT2D eigenvalue weighted by Crippen LogP contribution is -2.34. The van der Waals surface area contributed by atoms with E-state index in [0.29, 0.717) is 17.7 Å². The Balaban J connectivity index is 1.54. The molecule has 0 saturated heterocycles. The fourth-order valence-electron chi connectivity index (χ4n) is 3.51. The molecule has 0 atom stereocenters. The van der Waals surface area contributed by atoms with Gasteiger partial charge in [0.2, 0.25) is 5.91 Å². The van der Waals surface area contributed by atoms with Gasteiger partial charge in [0.25, 0.3) is 11.8 Å². The van der Waals surface area contributed by atoms with Crippen LogP contribution >= 0.6 is 0 Å². The van der Waals surface area contributed by atoms with Gasteiger partial charge in [-0.25, -0.2) is 0 Å². The highest BCUT2D eigenvalue weighted by atomic mass is 16.2. The fraction of sp³-hybridized carbons (Fsp3) is 0.348. The van der Waals surface area contributed by atoms with Crippen LogP contribution in [0.25, 0.3) is 0 Å². The third kappa shape index (κ3) is 4.71. The van der Waals surface area contributed by atoms with Crippen LogP contribution in [-0.2, 0) is 17.9 Å². The Bertz CT molecular complexity index is 871. The van der Waals surface area contributed by atoms with Crippen LogP contribution in [0.4, 0.5) is 0 Å². The number of carbonyl (C=O) groups excluding carboxylic acids is 3. The number of imide groups is 1. The van der Waals surface area contributed by atoms with Crippen LogP contribution in [0.3, 0.4) is 0 Å². The van der Waals surface area contributed by atoms with Gasteiger partial charge in [0.15, 0.2) is 0 Å². The number of hydrogen-bond donors (Lipinski definition) is 1. The average Bonchev–Trinajstić information content (AvgIpc) is 2.99. The van der Waals surface area contributed by atoms with Crippen molar-refractivity contribution in [1.82, 2.24) is 15.1 Å². The Labute approximate surface area is 171 Å². The van der Waals surface area contributed by atoms with Crippen LogP contribution in [0, 0.1) is 0 Å². The number of nitrogens with zero attached hydrogens (tertiary/aromatic N) is 2. The molecule has 6 heteroatoms. The Morgan fingerprint density at radius 3 is 2.03 bits per heavy atom. The molecule has 0 spiro atoms. The number of amides is 3. The minimum absolute atomic E-state index is 0.0826. The molecule has 1 aliphatic heterocycles. The predicted molar refractivity (Wildman–Crippen MR) is 111 cm³/mol. The van der Waals surface area contributed by atoms with Gasteiger partial charge in [0.05, 0.1) is 11.1 Å². The van der Waals surface area contributed by atoms with E-state index in [2.05, 4.69) is 30.1 Å². The standard InChI is InChI=1S/C23H27N3O3/c1-3-25(4-2)16-18-10-6-5-9-17(18)15-24-21(27)13-14-26-22(28)19-11-7-8-12-20(19)23(26)29/h5-12H,3-4,13-16H2,1-2H3,(H,24,27). The zero-order valence-corrected chi connectivity index (χ0v) is 17.0. The molecule has 1 N–H and O–H groups in total. The summed E-state index contributed by atoms with van der Waals surface area (Å²) >= 11 is 0. The third-order valence-corrected chi connectivity index (χ3v) is 5.32. The molecular weight excluding hydrogens is 366 g/mol. The molecule has 0 radical (unpaired) electrons. The van der Waals surface area contributed by atoms with E-state index in [1.807, 2.05) is 18.2 Å². The van der Waals surface area contributed by atoms with Crippen LogP contribution in [0.2, 0.25) is 0 Å². The van der Waals surface area contributed by atoms with Gasteiger partial charge in [-0.05, 0) is 36.3 Å². The third-order valence-electron chi connectivity index (χ3n) is 5.32. The van der Waals surface area contributed by atoms with Crippen LogP contribution < -0.4 is 5.32 Å². The molecule has 3 amide bonds. The molecular formula is C23H27N3O3. The van der Waals surface area contributed by atoms with Crippen LogP contribution in [0.5, 0.6) is 0 Å². The minimum atomic E-state index is -0.331. The normalized spacial score (nSPS) is 13.1. The molecule has 0 fully saturated rings. The van der Waals surface area contributed by atoms with Gasteiger partial charge in [0, 0.05) is 26.1 Å². The van der Waals surface area contributed by atoms with Crippen molar-refractivity contribution in [2.24, 2.45) is 0 Å². The topological polar surface area (TPSA) is 69.7 Å². The highest BCUT2D eigenvalue weighted by molar-refractivity contribution is 6.21. The molecule has 3 rings (SSSR count). The second-order valence-corrected chi connectivity index (χ2v) is 7.06. The second-order valence-electron chi connectivity index (χ2n) is 7.06. The molecule has 0 aliphatic carbocycles. The van der Waals surface area contributed by atoms with Crippen molar-refractivity contribution in [2.45, 2.75) is 33.4 Å². The number of fused-ring (bicyclic) bond motifs is 1. The molecule has 152 valence electrons. The lowest BCUT2D eigenvalue weighted by atomic mass is 10.1. The summed E-state index contributed by atoms with van der Waals surface area (Å²) in [5.41, 5.74) is 3.08. The molecule has 0 unspecified atom stereocenters. The van der Waals surface area contributed by atoms with Crippen molar-refractivity contribution in [1.29, 1.82) is 0 Å². The van der Waals surface area contributed by atoms with E-state index in [4.69, 9.17) is 0 Å². The number of nitrogens with one attached hydrogen (secondary N) is 1. The highest BCUT2D eigenvalue weighted by Crippen LogP contribution is 2.22. The van der Waals surface area contributed by atoms with Gasteiger partial charge in [-0.1, -0.05) is 50.2 Å². The summed E-state index contributed by atoms with van der Waals surface area (Å²) in [6.45, 7) is 7.56. The number of hydrogen-bond acceptors (Lipinski definition) is 4. The Morgan fingerprint density at radius 2 is 1.45 bits per heavy atom. The van der Waals surface area contributed by atoms with Crippen molar-refractivity contribution in [3.63, 3.8) is 0 Å². The summed E-state index contributed by atoms with van der Waals surface area (Å²) < 4.78 is 0. The van der Waals surface area contributed by atoms with E-state index < -0.39 is 0 Å². The molecule has 0 aromatic heterocycles. The highest BCUT2D eigenvalue weighted by Gasteiger charge is 2.34. The second kappa shape index (κ2) is 9.47. The lowest BCUT2D eigenvalue weighted by molar-refractivity contribution is -0.121. The summed E-state index contributed by atoms with van der Waals surface area (Å²) in [7, 11) is 0. The van der Waals surface area contributed by atoms with Crippen molar-refractivity contribution >= 4 is 17.7 Å². The van der Waals surface area contributed by atoms with E-state index in [0.717, 1.165) is 30.1 Å². The molecule has 0 bridgehead atoms. The summed E-state index contributed by atoms with van der Waals surface area (Å²) in [6, 6.07) is 14.8. The zero-order valence-electron chi connectivity index (χ0n) is 17.0. The van der Waals surface area contributed by atoms with Crippen LogP contribution in [-0.4, -0.2) is 47.2 Å². The summed E-state index contributed by atoms with van der Waals surface area (Å²) in [5, 5.41) is 2.92. The molecule has 1 heterocycles. The van der Waals surface area contributed by atoms with Crippen molar-refractivity contribution in [2.75, 3.05) is 19.6 Å². The first-order valence-electron chi connectivity index (χ1n) is 10.1. The molecule has 29 heavy (non-hydrogen) atoms. The van der Waals surface area contributed by atoms with E-state index in [9.17, 15) is 14.4 Å². The maximum atomic E-state index is 12.4. The lowest BCUT2D eigenvalue weighted by Gasteiger charge is -2.20. The van der Waals surface area contributed by atoms with E-state index in [1.54, 1.807) is 24.3 Å². The van der Waals surface area contributed by atoms with Crippen molar-refractivity contribution in [3.8, 4) is 0 Å². The average molecular weight is 393 g/mol. The van der Waals surface area contributed by atoms with Gasteiger partial charge in [-0.15, -0.1) is 0 Å². The van der Waals surface area contributed by atoms with Gasteiger partial charge in [-0.3, -0.25) is 24.2 Å². The smallest absolute Gasteiger partial charge is 0.261 e. The molecule has 6 nitrogen and oxygen atoms in total. The van der Waals surface area contributed by atoms with Gasteiger partial charge < -0.3 is 5.32 Å². The maximum absolute atomic E-state index is 12.4. The maximum Gasteiger partial charge on any atom is 0.261 e. The van der Waals surface area contributed by atoms with Gasteiger partial charge in [0.1, 0.15) is 0 Å². The minimum Gasteiger partial charge on any atom is -0.352 e. The van der Waals surface area contributed by atoms with Gasteiger partial charge >= 0.3 is 0 Å². The molecule has 2 aromatic carbocycles. The summed E-state index contributed by atoms with van der Waals surface area (Å²) in [4.78, 5) is 40.6. The van der Waals surface area contributed by atoms with Crippen molar-refractivity contribution in [3.05, 3.63) is 70.8 Å². The van der Waals surface area contributed by atoms with Gasteiger partial charge in [-0.2, -0.15) is 0 Å². The molecule has 2 aromatic rings. The first kappa shape index (κ1) is 20.7. The van der Waals surface area contributed by atoms with Crippen LogP contribution in [0.1, 0.15) is 52.1 Å². The number of benzene rings is 2. The zero-order chi connectivity index (χ0) is 20.8. The quantitative estimate of drug-likeness (QED) is 0.665. The van der Waals surface area contributed by atoms with E-state index in [1.165, 1.54) is 5.56 Å². The van der Waals surface area contributed by atoms with Crippen molar-refractivity contribution < 1.29 is 14.4 Å². The first-order chi connectivity index (χ1) is 14.0. The van der Waals surface area contributed by atoms with Crippen LogP contribution in [0.15, 0.2) is 48.5 Å². The Morgan fingerprint density at radius 1 is 0.897 bits per heavy atom. The Kier molecular flexibility index (Phi) is 6.77. The first-order valence-corrected chi connectivity index (χ1v) is 10.1. The number of carbonyl (C=O) groups is 3. The SMILES string of the molecule is CCN(CC)Cc1ccccc1CNC(=O)CCN1C(=O)c2ccccc2C1=O. The fourth-order valence-corrected chi connectivity index (χ4v) is 3.51. The van der Waals surface area contributed by atoms with E-state index >= 15 is 0 Å². The summed E-state index contributed by atoms with van der Waals surface area (Å²) in [6.07, 6.45) is 0.0870. The van der Waals surface area contributed by atoms with E-state index in [-0.39, 0.29) is 30.7 Å². The molecule has 1 aliphatic rings. The Hall–Kier alpha value is -2.99. The number of rotatable bonds is 9.